The maximum atomic E-state index is 11.4. The Morgan fingerprint density at radius 2 is 1.82 bits per heavy atom. The average Bonchev–Trinajstić information content (AvgIpc) is 2.10. The summed E-state index contributed by atoms with van der Waals surface area (Å²) >= 11 is 0. The smallest absolute Gasteiger partial charge is 0.407 e. The highest BCUT2D eigenvalue weighted by molar-refractivity contribution is 6.76. The number of ether oxygens (including phenoxy) is 1. The Balaban J connectivity index is 4.04. The molecule has 1 amide bonds. The predicted octanol–water partition coefficient (Wildman–Crippen LogP) is 2.16. The van der Waals surface area contributed by atoms with Gasteiger partial charge in [-0.1, -0.05) is 33.5 Å². The van der Waals surface area contributed by atoms with E-state index in [0.717, 1.165) is 6.04 Å². The molecule has 0 rings (SSSR count). The van der Waals surface area contributed by atoms with E-state index in [0.29, 0.717) is 6.61 Å². The fraction of sp³-hybridized carbons (Fsp3) is 0.818. The van der Waals surface area contributed by atoms with Crippen molar-refractivity contribution in [1.29, 1.82) is 0 Å². The molecule has 1 atom stereocenters. The molecule has 0 aliphatic carbocycles. The molecular formula is C11H23NO4Si. The molecule has 0 aromatic carbocycles. The molecule has 0 aliphatic heterocycles. The van der Waals surface area contributed by atoms with Gasteiger partial charge in [0.2, 0.25) is 0 Å². The topological polar surface area (TPSA) is 75.6 Å². The van der Waals surface area contributed by atoms with E-state index in [9.17, 15) is 9.59 Å². The van der Waals surface area contributed by atoms with Crippen LogP contribution in [0, 0.1) is 5.92 Å². The maximum Gasteiger partial charge on any atom is 0.407 e. The van der Waals surface area contributed by atoms with Gasteiger partial charge < -0.3 is 15.2 Å². The highest BCUT2D eigenvalue weighted by atomic mass is 28.3. The molecule has 2 N–H and O–H groups in total. The minimum atomic E-state index is -1.23. The molecule has 0 radical (unpaired) electrons. The number of carbonyl (C=O) groups is 2. The number of alkyl carbamates (subject to hydrolysis) is 1. The largest absolute Gasteiger partial charge is 0.480 e. The lowest BCUT2D eigenvalue weighted by molar-refractivity contribution is -0.140. The standard InChI is InChI=1S/C11H23NO4Si/c1-8(2)9(10(13)14)12-11(15)16-6-7-17(3,4)5/h8-9H,6-7H2,1-5H3,(H,12,15)(H,13,14)/t9-/m1/s1. The van der Waals surface area contributed by atoms with Gasteiger partial charge in [0.25, 0.3) is 0 Å². The second kappa shape index (κ2) is 6.63. The zero-order chi connectivity index (χ0) is 13.6. The Labute approximate surface area is 104 Å². The van der Waals surface area contributed by atoms with Crippen LogP contribution in [0.5, 0.6) is 0 Å². The lowest BCUT2D eigenvalue weighted by Gasteiger charge is -2.19. The summed E-state index contributed by atoms with van der Waals surface area (Å²) in [5, 5.41) is 11.2. The van der Waals surface area contributed by atoms with E-state index in [4.69, 9.17) is 9.84 Å². The molecule has 0 saturated carbocycles. The second-order valence-electron chi connectivity index (χ2n) is 5.65. The normalized spacial score (nSPS) is 13.3. The third-order valence-electron chi connectivity index (χ3n) is 2.29. The first-order valence-electron chi connectivity index (χ1n) is 5.79. The Bertz CT molecular complexity index is 273. The summed E-state index contributed by atoms with van der Waals surface area (Å²) in [7, 11) is -1.23. The summed E-state index contributed by atoms with van der Waals surface area (Å²) in [6.45, 7) is 10.4. The molecule has 17 heavy (non-hydrogen) atoms. The van der Waals surface area contributed by atoms with Crippen LogP contribution in [-0.4, -0.2) is 37.9 Å². The Hall–Kier alpha value is -1.04. The summed E-state index contributed by atoms with van der Waals surface area (Å²) < 4.78 is 4.97. The van der Waals surface area contributed by atoms with Gasteiger partial charge in [-0.15, -0.1) is 0 Å². The van der Waals surface area contributed by atoms with Gasteiger partial charge in [0.1, 0.15) is 6.04 Å². The van der Waals surface area contributed by atoms with Crippen LogP contribution in [0.1, 0.15) is 13.8 Å². The van der Waals surface area contributed by atoms with E-state index in [-0.39, 0.29) is 5.92 Å². The lowest BCUT2D eigenvalue weighted by atomic mass is 10.1. The third kappa shape index (κ3) is 7.79. The first kappa shape index (κ1) is 16.0. The Morgan fingerprint density at radius 3 is 2.18 bits per heavy atom. The minimum Gasteiger partial charge on any atom is -0.480 e. The number of aliphatic carboxylic acids is 1. The van der Waals surface area contributed by atoms with Crippen molar-refractivity contribution < 1.29 is 19.4 Å². The maximum absolute atomic E-state index is 11.4. The number of nitrogens with one attached hydrogen (secondary N) is 1. The van der Waals surface area contributed by atoms with E-state index in [1.54, 1.807) is 13.8 Å². The van der Waals surface area contributed by atoms with Crippen molar-refractivity contribution >= 4 is 20.1 Å². The Kier molecular flexibility index (Phi) is 6.23. The van der Waals surface area contributed by atoms with Gasteiger partial charge in [0.05, 0.1) is 6.61 Å². The van der Waals surface area contributed by atoms with E-state index in [2.05, 4.69) is 25.0 Å². The summed E-state index contributed by atoms with van der Waals surface area (Å²) in [5.74, 6) is -1.21. The van der Waals surface area contributed by atoms with E-state index in [1.807, 2.05) is 0 Å². The molecule has 0 aromatic rings. The molecule has 0 fully saturated rings. The van der Waals surface area contributed by atoms with E-state index < -0.39 is 26.2 Å². The molecule has 0 saturated heterocycles. The second-order valence-corrected chi connectivity index (χ2v) is 11.3. The fourth-order valence-electron chi connectivity index (χ4n) is 1.13. The van der Waals surface area contributed by atoms with Crippen molar-refractivity contribution in [3.05, 3.63) is 0 Å². The van der Waals surface area contributed by atoms with Crippen molar-refractivity contribution in [3.8, 4) is 0 Å². The number of carboxylic acids is 1. The van der Waals surface area contributed by atoms with Crippen LogP contribution in [0.15, 0.2) is 0 Å². The number of rotatable bonds is 6. The van der Waals surface area contributed by atoms with Crippen LogP contribution >= 0.6 is 0 Å². The van der Waals surface area contributed by atoms with Gasteiger partial charge >= 0.3 is 12.1 Å². The monoisotopic (exact) mass is 261 g/mol. The van der Waals surface area contributed by atoms with Crippen LogP contribution in [0.25, 0.3) is 0 Å². The zero-order valence-electron chi connectivity index (χ0n) is 11.2. The number of carboxylic acid groups (broad SMARTS) is 1. The van der Waals surface area contributed by atoms with Gasteiger partial charge in [0, 0.05) is 8.07 Å². The predicted molar refractivity (Wildman–Crippen MR) is 68.9 cm³/mol. The highest BCUT2D eigenvalue weighted by Gasteiger charge is 2.24. The van der Waals surface area contributed by atoms with Crippen molar-refractivity contribution in [3.63, 3.8) is 0 Å². The van der Waals surface area contributed by atoms with Crippen LogP contribution in [-0.2, 0) is 9.53 Å². The quantitative estimate of drug-likeness (QED) is 0.718. The van der Waals surface area contributed by atoms with Gasteiger partial charge in [-0.3, -0.25) is 0 Å². The summed E-state index contributed by atoms with van der Waals surface area (Å²) in [6, 6.07) is -0.0193. The number of hydrogen-bond donors (Lipinski definition) is 2. The zero-order valence-corrected chi connectivity index (χ0v) is 12.2. The van der Waals surface area contributed by atoms with Crippen molar-refractivity contribution in [2.24, 2.45) is 5.92 Å². The van der Waals surface area contributed by atoms with E-state index in [1.165, 1.54) is 0 Å². The van der Waals surface area contributed by atoms with Gasteiger partial charge in [-0.25, -0.2) is 9.59 Å². The summed E-state index contributed by atoms with van der Waals surface area (Å²) in [6.07, 6.45) is -0.649. The molecular weight excluding hydrogens is 238 g/mol. The molecule has 6 heteroatoms. The number of amides is 1. The summed E-state index contributed by atoms with van der Waals surface area (Å²) in [5.41, 5.74) is 0. The third-order valence-corrected chi connectivity index (χ3v) is 4.00. The molecule has 0 spiro atoms. The van der Waals surface area contributed by atoms with Crippen molar-refractivity contribution in [2.75, 3.05) is 6.61 Å². The molecule has 0 bridgehead atoms. The van der Waals surface area contributed by atoms with Gasteiger partial charge in [-0.2, -0.15) is 0 Å². The first-order chi connectivity index (χ1) is 7.63. The fourth-order valence-corrected chi connectivity index (χ4v) is 1.85. The lowest BCUT2D eigenvalue weighted by Crippen LogP contribution is -2.44. The van der Waals surface area contributed by atoms with Crippen LogP contribution in [0.3, 0.4) is 0 Å². The molecule has 0 aliphatic rings. The van der Waals surface area contributed by atoms with Crippen LogP contribution in [0.2, 0.25) is 25.7 Å². The van der Waals surface area contributed by atoms with Gasteiger partial charge in [-0.05, 0) is 12.0 Å². The SMILES string of the molecule is CC(C)[C@@H](NC(=O)OCC[Si](C)(C)C)C(=O)O. The summed E-state index contributed by atoms with van der Waals surface area (Å²) in [4.78, 5) is 22.2. The average molecular weight is 261 g/mol. The molecule has 5 nitrogen and oxygen atoms in total. The molecule has 0 aromatic heterocycles. The highest BCUT2D eigenvalue weighted by Crippen LogP contribution is 2.08. The van der Waals surface area contributed by atoms with Crippen molar-refractivity contribution in [1.82, 2.24) is 5.32 Å². The van der Waals surface area contributed by atoms with Crippen molar-refractivity contribution in [2.45, 2.75) is 45.6 Å². The first-order valence-corrected chi connectivity index (χ1v) is 9.50. The minimum absolute atomic E-state index is 0.169. The molecule has 100 valence electrons. The van der Waals surface area contributed by atoms with Crippen LogP contribution < -0.4 is 5.32 Å². The van der Waals surface area contributed by atoms with Gasteiger partial charge in [0.15, 0.2) is 0 Å². The molecule has 0 unspecified atom stereocenters. The number of hydrogen-bond acceptors (Lipinski definition) is 3. The number of carbonyl (C=O) groups excluding carboxylic acids is 1. The Morgan fingerprint density at radius 1 is 1.29 bits per heavy atom. The molecule has 0 heterocycles. The van der Waals surface area contributed by atoms with Crippen LogP contribution in [0.4, 0.5) is 4.79 Å². The van der Waals surface area contributed by atoms with E-state index >= 15 is 0 Å².